The fraction of sp³-hybridized carbons (Fsp3) is 0.312. The lowest BCUT2D eigenvalue weighted by Gasteiger charge is -2.09. The third kappa shape index (κ3) is 2.46. The molecular weight excluding hydrogens is 255 g/mol. The number of ether oxygens (including phenoxy) is 1. The van der Waals surface area contributed by atoms with Gasteiger partial charge >= 0.3 is 0 Å². The van der Waals surface area contributed by atoms with Crippen LogP contribution in [0, 0.1) is 5.82 Å². The van der Waals surface area contributed by atoms with Gasteiger partial charge in [-0.15, -0.1) is 0 Å². The predicted octanol–water partition coefficient (Wildman–Crippen LogP) is 3.23. The van der Waals surface area contributed by atoms with Crippen LogP contribution in [0.1, 0.15) is 25.1 Å². The maximum atomic E-state index is 13.7. The molecule has 4 heteroatoms. The van der Waals surface area contributed by atoms with Crippen molar-refractivity contribution < 1.29 is 9.13 Å². The second kappa shape index (κ2) is 4.78. The summed E-state index contributed by atoms with van der Waals surface area (Å²) in [4.78, 5) is 4.57. The van der Waals surface area contributed by atoms with E-state index in [0.717, 1.165) is 5.69 Å². The number of rotatable bonds is 3. The van der Waals surface area contributed by atoms with Gasteiger partial charge in [-0.3, -0.25) is 0 Å². The molecule has 2 aromatic rings. The van der Waals surface area contributed by atoms with Crippen molar-refractivity contribution in [1.82, 2.24) is 4.57 Å². The molecule has 0 radical (unpaired) electrons. The largest absolute Gasteiger partial charge is 0.474 e. The summed E-state index contributed by atoms with van der Waals surface area (Å²) < 4.78 is 21.4. The molecule has 0 amide bonds. The number of aromatic nitrogens is 1. The average molecular weight is 272 g/mol. The number of halogens is 1. The van der Waals surface area contributed by atoms with Crippen LogP contribution in [0.4, 0.5) is 4.39 Å². The van der Waals surface area contributed by atoms with Gasteiger partial charge in [0.1, 0.15) is 18.1 Å². The van der Waals surface area contributed by atoms with Gasteiger partial charge < -0.3 is 9.30 Å². The van der Waals surface area contributed by atoms with Crippen LogP contribution >= 0.6 is 0 Å². The Morgan fingerprint density at radius 3 is 2.75 bits per heavy atom. The Kier molecular flexibility index (Phi) is 3.08. The first-order chi connectivity index (χ1) is 9.55. The molecule has 3 nitrogen and oxygen atoms in total. The van der Waals surface area contributed by atoms with Gasteiger partial charge in [0.15, 0.2) is 0 Å². The molecule has 0 bridgehead atoms. The maximum Gasteiger partial charge on any atom is 0.234 e. The third-order valence-corrected chi connectivity index (χ3v) is 3.31. The molecular formula is C16H17FN2O. The van der Waals surface area contributed by atoms with Gasteiger partial charge in [-0.05, 0) is 32.0 Å². The highest BCUT2D eigenvalue weighted by atomic mass is 19.1. The van der Waals surface area contributed by atoms with Crippen molar-refractivity contribution in [3.05, 3.63) is 59.7 Å². The zero-order valence-electron chi connectivity index (χ0n) is 11.6. The summed E-state index contributed by atoms with van der Waals surface area (Å²) in [5, 5.41) is 0. The van der Waals surface area contributed by atoms with Crippen LogP contribution in [0.3, 0.4) is 0 Å². The van der Waals surface area contributed by atoms with E-state index in [9.17, 15) is 4.39 Å². The SMILES string of the molecule is CC1(C)COC(c2cccn2Cc2ccccc2F)=N1. The Labute approximate surface area is 117 Å². The molecule has 0 atom stereocenters. The standard InChI is InChI=1S/C16H17FN2O/c1-16(2)11-20-15(18-16)14-8-5-9-19(14)10-12-6-3-4-7-13(12)17/h3-9H,10-11H2,1-2H3. The first-order valence-corrected chi connectivity index (χ1v) is 6.67. The minimum atomic E-state index is -0.193. The Balaban J connectivity index is 1.90. The monoisotopic (exact) mass is 272 g/mol. The van der Waals surface area contributed by atoms with E-state index < -0.39 is 0 Å². The summed E-state index contributed by atoms with van der Waals surface area (Å²) in [6.07, 6.45) is 1.92. The average Bonchev–Trinajstić information content (AvgIpc) is 2.98. The van der Waals surface area contributed by atoms with E-state index in [-0.39, 0.29) is 11.4 Å². The van der Waals surface area contributed by atoms with Crippen molar-refractivity contribution in [3.8, 4) is 0 Å². The smallest absolute Gasteiger partial charge is 0.234 e. The molecule has 0 saturated heterocycles. The van der Waals surface area contributed by atoms with Crippen molar-refractivity contribution in [2.75, 3.05) is 6.61 Å². The molecule has 0 N–H and O–H groups in total. The molecule has 3 rings (SSSR count). The zero-order chi connectivity index (χ0) is 14.2. The number of benzene rings is 1. The fourth-order valence-corrected chi connectivity index (χ4v) is 2.27. The summed E-state index contributed by atoms with van der Waals surface area (Å²) in [6.45, 7) is 5.11. The second-order valence-electron chi connectivity index (χ2n) is 5.63. The Bertz CT molecular complexity index is 658. The molecule has 1 aromatic heterocycles. The predicted molar refractivity (Wildman–Crippen MR) is 76.5 cm³/mol. The van der Waals surface area contributed by atoms with Gasteiger partial charge in [0, 0.05) is 11.8 Å². The summed E-state index contributed by atoms with van der Waals surface area (Å²) in [5.74, 6) is 0.443. The van der Waals surface area contributed by atoms with Crippen molar-refractivity contribution in [2.45, 2.75) is 25.9 Å². The highest BCUT2D eigenvalue weighted by molar-refractivity contribution is 5.94. The molecule has 0 aliphatic carbocycles. The number of hydrogen-bond donors (Lipinski definition) is 0. The van der Waals surface area contributed by atoms with E-state index in [1.54, 1.807) is 12.1 Å². The quantitative estimate of drug-likeness (QED) is 0.842. The molecule has 0 fully saturated rings. The van der Waals surface area contributed by atoms with Crippen LogP contribution in [0.5, 0.6) is 0 Å². The van der Waals surface area contributed by atoms with E-state index in [1.807, 2.05) is 42.8 Å². The fourth-order valence-electron chi connectivity index (χ4n) is 2.27. The highest BCUT2D eigenvalue weighted by Gasteiger charge is 2.28. The molecule has 1 aliphatic rings. The van der Waals surface area contributed by atoms with Crippen LogP contribution in [0.2, 0.25) is 0 Å². The van der Waals surface area contributed by atoms with Gasteiger partial charge in [-0.25, -0.2) is 9.38 Å². The van der Waals surface area contributed by atoms with Crippen molar-refractivity contribution in [3.63, 3.8) is 0 Å². The Hall–Kier alpha value is -2.10. The number of aliphatic imine (C=N–C) groups is 1. The van der Waals surface area contributed by atoms with Crippen LogP contribution in [0.15, 0.2) is 47.6 Å². The lowest BCUT2D eigenvalue weighted by Crippen LogP contribution is -2.17. The second-order valence-corrected chi connectivity index (χ2v) is 5.63. The number of hydrogen-bond acceptors (Lipinski definition) is 2. The first-order valence-electron chi connectivity index (χ1n) is 6.67. The third-order valence-electron chi connectivity index (χ3n) is 3.31. The molecule has 0 spiro atoms. The van der Waals surface area contributed by atoms with E-state index in [2.05, 4.69) is 4.99 Å². The van der Waals surface area contributed by atoms with Crippen LogP contribution < -0.4 is 0 Å². The van der Waals surface area contributed by atoms with Gasteiger partial charge in [0.25, 0.3) is 0 Å². The summed E-state index contributed by atoms with van der Waals surface area (Å²) in [7, 11) is 0. The molecule has 1 aliphatic heterocycles. The number of nitrogens with zero attached hydrogens (tertiary/aromatic N) is 2. The van der Waals surface area contributed by atoms with Gasteiger partial charge in [-0.2, -0.15) is 0 Å². The molecule has 0 unspecified atom stereocenters. The van der Waals surface area contributed by atoms with Crippen molar-refractivity contribution >= 4 is 5.90 Å². The lowest BCUT2D eigenvalue weighted by molar-refractivity contribution is 0.278. The highest BCUT2D eigenvalue weighted by Crippen LogP contribution is 2.21. The first kappa shape index (κ1) is 12.9. The van der Waals surface area contributed by atoms with E-state index >= 15 is 0 Å². The molecule has 20 heavy (non-hydrogen) atoms. The van der Waals surface area contributed by atoms with Gasteiger partial charge in [0.2, 0.25) is 5.90 Å². The molecule has 2 heterocycles. The van der Waals surface area contributed by atoms with Crippen LogP contribution in [0.25, 0.3) is 0 Å². The zero-order valence-corrected chi connectivity index (χ0v) is 11.6. The minimum absolute atomic E-state index is 0.192. The Morgan fingerprint density at radius 2 is 2.05 bits per heavy atom. The summed E-state index contributed by atoms with van der Waals surface area (Å²) in [5.41, 5.74) is 1.35. The van der Waals surface area contributed by atoms with Crippen molar-refractivity contribution in [2.24, 2.45) is 4.99 Å². The normalized spacial score (nSPS) is 16.9. The lowest BCUT2D eigenvalue weighted by atomic mass is 10.1. The van der Waals surface area contributed by atoms with E-state index in [0.29, 0.717) is 24.6 Å². The van der Waals surface area contributed by atoms with Crippen LogP contribution in [-0.4, -0.2) is 22.6 Å². The van der Waals surface area contributed by atoms with Crippen molar-refractivity contribution in [1.29, 1.82) is 0 Å². The van der Waals surface area contributed by atoms with E-state index in [1.165, 1.54) is 6.07 Å². The molecule has 1 aromatic carbocycles. The molecule has 104 valence electrons. The van der Waals surface area contributed by atoms with Gasteiger partial charge in [0.05, 0.1) is 12.1 Å². The van der Waals surface area contributed by atoms with Gasteiger partial charge in [-0.1, -0.05) is 18.2 Å². The summed E-state index contributed by atoms with van der Waals surface area (Å²) >= 11 is 0. The summed E-state index contributed by atoms with van der Waals surface area (Å²) in [6, 6.07) is 10.7. The molecule has 0 saturated carbocycles. The maximum absolute atomic E-state index is 13.7. The van der Waals surface area contributed by atoms with E-state index in [4.69, 9.17) is 4.74 Å². The topological polar surface area (TPSA) is 26.5 Å². The minimum Gasteiger partial charge on any atom is -0.474 e. The Morgan fingerprint density at radius 1 is 1.25 bits per heavy atom. The van der Waals surface area contributed by atoms with Crippen LogP contribution in [-0.2, 0) is 11.3 Å².